The van der Waals surface area contributed by atoms with Crippen molar-refractivity contribution in [2.75, 3.05) is 47.4 Å². The Balaban J connectivity index is 1.85. The van der Waals surface area contributed by atoms with Gasteiger partial charge in [0.05, 0.1) is 20.2 Å². The fraction of sp³-hybridized carbons (Fsp3) is 0.600. The number of carboxylic acid groups (broad SMARTS) is 1. The number of rotatable bonds is 8. The van der Waals surface area contributed by atoms with Crippen LogP contribution in [0.3, 0.4) is 0 Å². The molecule has 1 aromatic rings. The summed E-state index contributed by atoms with van der Waals surface area (Å²) in [7, 11) is 5.31. The summed E-state index contributed by atoms with van der Waals surface area (Å²) in [5.41, 5.74) is 0.988. The lowest BCUT2D eigenvalue weighted by atomic mass is 10.1. The average molecular weight is 377 g/mol. The molecule has 7 nitrogen and oxygen atoms in total. The summed E-state index contributed by atoms with van der Waals surface area (Å²) in [6.45, 7) is 2.64. The number of likely N-dealkylation sites (N-methyl/N-ethyl adjacent to an activating group) is 2. The molecule has 1 aliphatic rings. The van der Waals surface area contributed by atoms with Gasteiger partial charge in [0.15, 0.2) is 0 Å². The molecular weight excluding hydrogens is 346 g/mol. The Morgan fingerprint density at radius 1 is 1.22 bits per heavy atom. The van der Waals surface area contributed by atoms with Gasteiger partial charge in [-0.05, 0) is 38.9 Å². The highest BCUT2D eigenvalue weighted by molar-refractivity contribution is 5.78. The normalized spacial score (nSPS) is 18.1. The van der Waals surface area contributed by atoms with Crippen LogP contribution in [0.25, 0.3) is 0 Å². The van der Waals surface area contributed by atoms with Gasteiger partial charge < -0.3 is 14.7 Å². The number of likely N-dealkylation sites (tertiary alicyclic amines) is 1. The lowest BCUT2D eigenvalue weighted by molar-refractivity contribution is -0.138. The van der Waals surface area contributed by atoms with E-state index in [0.717, 1.165) is 43.7 Å². The van der Waals surface area contributed by atoms with Crippen molar-refractivity contribution in [3.05, 3.63) is 29.8 Å². The van der Waals surface area contributed by atoms with Crippen LogP contribution < -0.4 is 4.74 Å². The number of para-hydroxylation sites is 1. The van der Waals surface area contributed by atoms with Crippen LogP contribution in [-0.2, 0) is 16.1 Å². The van der Waals surface area contributed by atoms with Gasteiger partial charge in [-0.15, -0.1) is 0 Å². The van der Waals surface area contributed by atoms with E-state index in [-0.39, 0.29) is 18.5 Å². The van der Waals surface area contributed by atoms with Gasteiger partial charge in [-0.25, -0.2) is 0 Å². The zero-order valence-corrected chi connectivity index (χ0v) is 16.6. The fourth-order valence-electron chi connectivity index (χ4n) is 3.57. The molecule has 1 heterocycles. The molecule has 0 aliphatic carbocycles. The SMILES string of the molecule is COc1ccccc1CN(C)C(=O)CN1CCCC(N(C)CC(=O)O)CC1. The Labute approximate surface area is 161 Å². The van der Waals surface area contributed by atoms with Gasteiger partial charge in [-0.2, -0.15) is 0 Å². The standard InChI is InChI=1S/C20H31N3O4/c1-21(15-20(25)26)17-8-6-11-23(12-10-17)14-19(24)22(2)13-16-7-4-5-9-18(16)27-3/h4-5,7,9,17H,6,8,10-15H2,1-3H3,(H,25,26). The van der Waals surface area contributed by atoms with Gasteiger partial charge >= 0.3 is 5.97 Å². The van der Waals surface area contributed by atoms with Gasteiger partial charge in [0.2, 0.25) is 5.91 Å². The van der Waals surface area contributed by atoms with Crippen molar-refractivity contribution in [1.82, 2.24) is 14.7 Å². The molecule has 1 saturated heterocycles. The van der Waals surface area contributed by atoms with E-state index in [1.165, 1.54) is 0 Å². The molecule has 2 rings (SSSR count). The number of benzene rings is 1. The topological polar surface area (TPSA) is 73.3 Å². The van der Waals surface area contributed by atoms with Crippen molar-refractivity contribution >= 4 is 11.9 Å². The minimum absolute atomic E-state index is 0.0608. The third-order valence-corrected chi connectivity index (χ3v) is 5.18. The highest BCUT2D eigenvalue weighted by atomic mass is 16.5. The van der Waals surface area contributed by atoms with E-state index in [4.69, 9.17) is 9.84 Å². The van der Waals surface area contributed by atoms with Gasteiger partial charge in [-0.3, -0.25) is 19.4 Å². The summed E-state index contributed by atoms with van der Waals surface area (Å²) in [6, 6.07) is 7.98. The van der Waals surface area contributed by atoms with Crippen LogP contribution in [0.2, 0.25) is 0 Å². The Morgan fingerprint density at radius 3 is 2.67 bits per heavy atom. The number of carboxylic acids is 1. The number of methoxy groups -OCH3 is 1. The number of hydrogen-bond acceptors (Lipinski definition) is 5. The second-order valence-corrected chi connectivity index (χ2v) is 7.23. The predicted octanol–water partition coefficient (Wildman–Crippen LogP) is 1.52. The molecule has 0 spiro atoms. The molecule has 1 aliphatic heterocycles. The first kappa shape index (κ1) is 21.2. The number of carbonyl (C=O) groups is 2. The van der Waals surface area contributed by atoms with Crippen molar-refractivity contribution in [1.29, 1.82) is 0 Å². The van der Waals surface area contributed by atoms with Crippen molar-refractivity contribution in [3.63, 3.8) is 0 Å². The van der Waals surface area contributed by atoms with E-state index in [2.05, 4.69) is 4.90 Å². The molecule has 1 fully saturated rings. The number of amides is 1. The molecule has 1 aromatic carbocycles. The maximum absolute atomic E-state index is 12.6. The van der Waals surface area contributed by atoms with Gasteiger partial charge in [0, 0.05) is 31.7 Å². The van der Waals surface area contributed by atoms with E-state index in [0.29, 0.717) is 13.1 Å². The number of aliphatic carboxylic acids is 1. The second-order valence-electron chi connectivity index (χ2n) is 7.23. The van der Waals surface area contributed by atoms with Gasteiger partial charge in [0.1, 0.15) is 5.75 Å². The minimum Gasteiger partial charge on any atom is -0.496 e. The smallest absolute Gasteiger partial charge is 0.317 e. The zero-order valence-electron chi connectivity index (χ0n) is 16.6. The lowest BCUT2D eigenvalue weighted by Crippen LogP contribution is -2.39. The van der Waals surface area contributed by atoms with E-state index in [9.17, 15) is 9.59 Å². The Bertz CT molecular complexity index is 637. The largest absolute Gasteiger partial charge is 0.496 e. The lowest BCUT2D eigenvalue weighted by Gasteiger charge is -2.26. The third kappa shape index (κ3) is 6.52. The first-order valence-corrected chi connectivity index (χ1v) is 9.41. The van der Waals surface area contributed by atoms with Crippen molar-refractivity contribution < 1.29 is 19.4 Å². The Morgan fingerprint density at radius 2 is 1.96 bits per heavy atom. The molecular formula is C20H31N3O4. The van der Waals surface area contributed by atoms with Crippen LogP contribution in [0.4, 0.5) is 0 Å². The average Bonchev–Trinajstić information content (AvgIpc) is 2.87. The summed E-state index contributed by atoms with van der Waals surface area (Å²) in [6.07, 6.45) is 2.82. The first-order chi connectivity index (χ1) is 12.9. The number of carbonyl (C=O) groups excluding carboxylic acids is 1. The molecule has 27 heavy (non-hydrogen) atoms. The molecule has 1 atom stereocenters. The molecule has 7 heteroatoms. The van der Waals surface area contributed by atoms with E-state index >= 15 is 0 Å². The van der Waals surface area contributed by atoms with Crippen LogP contribution in [0.5, 0.6) is 5.75 Å². The van der Waals surface area contributed by atoms with E-state index < -0.39 is 5.97 Å². The summed E-state index contributed by atoms with van der Waals surface area (Å²) in [4.78, 5) is 29.4. The molecule has 1 unspecified atom stereocenters. The van der Waals surface area contributed by atoms with Gasteiger partial charge in [-0.1, -0.05) is 18.2 Å². The predicted molar refractivity (Wildman–Crippen MR) is 104 cm³/mol. The first-order valence-electron chi connectivity index (χ1n) is 9.41. The Kier molecular flexibility index (Phi) is 8.06. The van der Waals surface area contributed by atoms with Crippen LogP contribution in [-0.4, -0.2) is 85.1 Å². The molecule has 0 radical (unpaired) electrons. The highest BCUT2D eigenvalue weighted by Gasteiger charge is 2.23. The van der Waals surface area contributed by atoms with Gasteiger partial charge in [0.25, 0.3) is 0 Å². The van der Waals surface area contributed by atoms with Crippen molar-refractivity contribution in [2.24, 2.45) is 0 Å². The summed E-state index contributed by atoms with van der Waals surface area (Å²) in [5.74, 6) is 0.0706. The van der Waals surface area contributed by atoms with Crippen LogP contribution in [0, 0.1) is 0 Å². The molecule has 0 bridgehead atoms. The number of nitrogens with zero attached hydrogens (tertiary/aromatic N) is 3. The van der Waals surface area contributed by atoms with Crippen molar-refractivity contribution in [2.45, 2.75) is 31.8 Å². The van der Waals surface area contributed by atoms with Crippen molar-refractivity contribution in [3.8, 4) is 5.75 Å². The monoisotopic (exact) mass is 377 g/mol. The zero-order chi connectivity index (χ0) is 19.8. The van der Waals surface area contributed by atoms with Crippen LogP contribution in [0.1, 0.15) is 24.8 Å². The highest BCUT2D eigenvalue weighted by Crippen LogP contribution is 2.19. The van der Waals surface area contributed by atoms with Crippen LogP contribution in [0.15, 0.2) is 24.3 Å². The number of hydrogen-bond donors (Lipinski definition) is 1. The van der Waals surface area contributed by atoms with E-state index in [1.54, 1.807) is 12.0 Å². The maximum Gasteiger partial charge on any atom is 0.317 e. The molecule has 150 valence electrons. The minimum atomic E-state index is -0.799. The molecule has 1 amide bonds. The summed E-state index contributed by atoms with van der Waals surface area (Å²) in [5, 5.41) is 8.96. The quantitative estimate of drug-likeness (QED) is 0.741. The van der Waals surface area contributed by atoms with E-state index in [1.807, 2.05) is 43.3 Å². The van der Waals surface area contributed by atoms with Crippen LogP contribution >= 0.6 is 0 Å². The third-order valence-electron chi connectivity index (χ3n) is 5.18. The molecule has 1 N–H and O–H groups in total. The summed E-state index contributed by atoms with van der Waals surface area (Å²) < 4.78 is 5.36. The maximum atomic E-state index is 12.6. The fourth-order valence-corrected chi connectivity index (χ4v) is 3.57. The number of ether oxygens (including phenoxy) is 1. The summed E-state index contributed by atoms with van der Waals surface area (Å²) >= 11 is 0. The molecule has 0 aromatic heterocycles. The Hall–Kier alpha value is -2.12. The second kappa shape index (κ2) is 10.3. The molecule has 0 saturated carbocycles.